The van der Waals surface area contributed by atoms with Crippen LogP contribution in [0, 0.1) is 17.8 Å². The lowest BCUT2D eigenvalue weighted by molar-refractivity contribution is -0.135. The zero-order chi connectivity index (χ0) is 17.8. The molecule has 5 aliphatic rings. The van der Waals surface area contributed by atoms with Crippen molar-refractivity contribution in [1.29, 1.82) is 0 Å². The number of halogens is 1. The molecule has 4 fully saturated rings. The van der Waals surface area contributed by atoms with Crippen LogP contribution in [0.5, 0.6) is 0 Å². The molecule has 6 rings (SSSR count). The molecule has 3 aliphatic heterocycles. The summed E-state index contributed by atoms with van der Waals surface area (Å²) in [5.74, 6) is 2.39. The summed E-state index contributed by atoms with van der Waals surface area (Å²) >= 11 is 7.50. The number of fused-ring (bicyclic) bond motifs is 2. The van der Waals surface area contributed by atoms with Crippen molar-refractivity contribution in [1.82, 2.24) is 4.90 Å². The Morgan fingerprint density at radius 3 is 2.65 bits per heavy atom. The molecular formula is C20H23ClN2O2S. The van der Waals surface area contributed by atoms with Crippen molar-refractivity contribution >= 4 is 40.9 Å². The Morgan fingerprint density at radius 1 is 1.15 bits per heavy atom. The first-order chi connectivity index (χ1) is 12.5. The number of nitrogens with zero attached hydrogens (tertiary/aromatic N) is 1. The van der Waals surface area contributed by atoms with Crippen molar-refractivity contribution in [2.24, 2.45) is 17.8 Å². The Morgan fingerprint density at radius 2 is 1.88 bits per heavy atom. The Labute approximate surface area is 163 Å². The maximum atomic E-state index is 13.1. The highest BCUT2D eigenvalue weighted by molar-refractivity contribution is 8.01. The number of anilines is 1. The van der Waals surface area contributed by atoms with Crippen LogP contribution in [0.25, 0.3) is 0 Å². The third kappa shape index (κ3) is 3.03. The Kier molecular flexibility index (Phi) is 4.20. The molecule has 1 N–H and O–H groups in total. The molecule has 3 heterocycles. The molecule has 4 nitrogen and oxygen atoms in total. The van der Waals surface area contributed by atoms with E-state index in [1.807, 2.05) is 12.1 Å². The van der Waals surface area contributed by atoms with Gasteiger partial charge in [-0.1, -0.05) is 11.6 Å². The van der Waals surface area contributed by atoms with Gasteiger partial charge in [0, 0.05) is 28.9 Å². The van der Waals surface area contributed by atoms with Gasteiger partial charge in [-0.25, -0.2) is 0 Å². The van der Waals surface area contributed by atoms with E-state index in [-0.39, 0.29) is 23.5 Å². The van der Waals surface area contributed by atoms with Crippen molar-refractivity contribution < 1.29 is 9.59 Å². The Bertz CT molecular complexity index is 756. The lowest BCUT2D eigenvalue weighted by Crippen LogP contribution is -2.44. The van der Waals surface area contributed by atoms with Crippen LogP contribution in [-0.2, 0) is 9.59 Å². The molecule has 6 heteroatoms. The van der Waals surface area contributed by atoms with Crippen LogP contribution < -0.4 is 5.32 Å². The first kappa shape index (κ1) is 16.9. The molecule has 5 atom stereocenters. The van der Waals surface area contributed by atoms with E-state index in [1.165, 1.54) is 43.9 Å². The van der Waals surface area contributed by atoms with Gasteiger partial charge in [0.05, 0.1) is 10.9 Å². The molecular weight excluding hydrogens is 368 g/mol. The molecule has 2 unspecified atom stereocenters. The van der Waals surface area contributed by atoms with Crippen LogP contribution in [0.15, 0.2) is 23.1 Å². The number of thioether (sulfide) groups is 1. The van der Waals surface area contributed by atoms with Gasteiger partial charge in [-0.2, -0.15) is 0 Å². The van der Waals surface area contributed by atoms with E-state index in [0.29, 0.717) is 17.0 Å². The van der Waals surface area contributed by atoms with Gasteiger partial charge in [-0.15, -0.1) is 11.8 Å². The van der Waals surface area contributed by atoms with E-state index < -0.39 is 0 Å². The zero-order valence-corrected chi connectivity index (χ0v) is 16.2. The molecule has 26 heavy (non-hydrogen) atoms. The first-order valence-electron chi connectivity index (χ1n) is 9.61. The van der Waals surface area contributed by atoms with Crippen molar-refractivity contribution in [3.8, 4) is 0 Å². The third-order valence-electron chi connectivity index (χ3n) is 6.55. The normalized spacial score (nSPS) is 35.0. The lowest BCUT2D eigenvalue weighted by Gasteiger charge is -2.39. The number of carbonyl (C=O) groups is 2. The van der Waals surface area contributed by atoms with Crippen molar-refractivity contribution in [3.63, 3.8) is 0 Å². The summed E-state index contributed by atoms with van der Waals surface area (Å²) in [6.45, 7) is 0.904. The highest BCUT2D eigenvalue weighted by Gasteiger charge is 2.44. The second-order valence-corrected chi connectivity index (χ2v) is 10.1. The van der Waals surface area contributed by atoms with Gasteiger partial charge >= 0.3 is 0 Å². The molecule has 0 aromatic heterocycles. The number of hydrogen-bond donors (Lipinski definition) is 1. The first-order valence-corrected chi connectivity index (χ1v) is 10.9. The smallest absolute Gasteiger partial charge is 0.238 e. The summed E-state index contributed by atoms with van der Waals surface area (Å²) in [6, 6.07) is 5.92. The van der Waals surface area contributed by atoms with Crippen molar-refractivity contribution in [2.45, 2.75) is 54.7 Å². The number of benzene rings is 1. The molecule has 1 aromatic rings. The van der Waals surface area contributed by atoms with Crippen molar-refractivity contribution in [2.75, 3.05) is 11.9 Å². The predicted molar refractivity (Wildman–Crippen MR) is 103 cm³/mol. The second kappa shape index (κ2) is 6.45. The summed E-state index contributed by atoms with van der Waals surface area (Å²) in [6.07, 6.45) is 6.59. The van der Waals surface area contributed by atoms with Gasteiger partial charge < -0.3 is 10.2 Å². The van der Waals surface area contributed by atoms with Gasteiger partial charge in [-0.05, 0) is 68.1 Å². The minimum Gasteiger partial charge on any atom is -0.339 e. The number of amides is 2. The SMILES string of the molecule is O=C1Nc2cc(Cl)ccc2S[C@H]1CC(=O)N1CC2C[C@@H]3CC1C[C@H](C2)C3. The predicted octanol–water partition coefficient (Wildman–Crippen LogP) is 4.18. The minimum absolute atomic E-state index is 0.0845. The fourth-order valence-corrected chi connectivity index (χ4v) is 6.88. The van der Waals surface area contributed by atoms with Crippen molar-refractivity contribution in [3.05, 3.63) is 23.2 Å². The molecule has 2 aliphatic carbocycles. The average Bonchev–Trinajstić information content (AvgIpc) is 2.79. The van der Waals surface area contributed by atoms with E-state index >= 15 is 0 Å². The van der Waals surface area contributed by atoms with Gasteiger partial charge in [-0.3, -0.25) is 9.59 Å². The summed E-state index contributed by atoms with van der Waals surface area (Å²) in [4.78, 5) is 28.7. The molecule has 2 saturated carbocycles. The minimum atomic E-state index is -0.353. The van der Waals surface area contributed by atoms with E-state index in [1.54, 1.807) is 6.07 Å². The Balaban J connectivity index is 1.31. The van der Waals surface area contributed by atoms with Gasteiger partial charge in [0.25, 0.3) is 0 Å². The number of carbonyl (C=O) groups excluding carboxylic acids is 2. The van der Waals surface area contributed by atoms with E-state index in [9.17, 15) is 9.59 Å². The van der Waals surface area contributed by atoms with Gasteiger partial charge in [0.1, 0.15) is 0 Å². The van der Waals surface area contributed by atoms with Gasteiger partial charge in [0.15, 0.2) is 0 Å². The van der Waals surface area contributed by atoms with E-state index in [4.69, 9.17) is 11.6 Å². The molecule has 138 valence electrons. The topological polar surface area (TPSA) is 49.4 Å². The number of rotatable bonds is 2. The average molecular weight is 391 g/mol. The molecule has 2 amide bonds. The van der Waals surface area contributed by atoms with Gasteiger partial charge in [0.2, 0.25) is 11.8 Å². The highest BCUT2D eigenvalue weighted by atomic mass is 35.5. The Hall–Kier alpha value is -1.20. The molecule has 0 radical (unpaired) electrons. The molecule has 0 spiro atoms. The standard InChI is InChI=1S/C20H23ClN2O2S/c21-14-1-2-17-16(8-14)22-20(25)18(26-17)9-19(24)23-10-13-4-11-3-12(5-13)7-15(23)6-11/h1-2,8,11-13,15,18H,3-7,9-10H2,(H,22,25)/t11-,12+,13?,15?,18-/m0/s1. The summed E-state index contributed by atoms with van der Waals surface area (Å²) in [5.41, 5.74) is 0.752. The number of hydrogen-bond acceptors (Lipinski definition) is 3. The summed E-state index contributed by atoms with van der Waals surface area (Å²) in [5, 5.41) is 3.17. The summed E-state index contributed by atoms with van der Waals surface area (Å²) in [7, 11) is 0. The largest absolute Gasteiger partial charge is 0.339 e. The zero-order valence-electron chi connectivity index (χ0n) is 14.6. The number of nitrogens with one attached hydrogen (secondary N) is 1. The van der Waals surface area contributed by atoms with E-state index in [2.05, 4.69) is 10.2 Å². The highest BCUT2D eigenvalue weighted by Crippen LogP contribution is 2.48. The monoisotopic (exact) mass is 390 g/mol. The van der Waals surface area contributed by atoms with E-state index in [0.717, 1.165) is 29.0 Å². The van der Waals surface area contributed by atoms with Crippen LogP contribution in [0.3, 0.4) is 0 Å². The fourth-order valence-electron chi connectivity index (χ4n) is 5.62. The van der Waals surface area contributed by atoms with Crippen LogP contribution in [0.2, 0.25) is 5.02 Å². The van der Waals surface area contributed by atoms with Crippen LogP contribution in [0.1, 0.15) is 38.5 Å². The second-order valence-electron chi connectivity index (χ2n) is 8.42. The molecule has 2 saturated heterocycles. The molecule has 1 aromatic carbocycles. The van der Waals surface area contributed by atoms with Crippen LogP contribution >= 0.6 is 23.4 Å². The quantitative estimate of drug-likeness (QED) is 0.824. The molecule has 4 bridgehead atoms. The maximum Gasteiger partial charge on any atom is 0.238 e. The maximum absolute atomic E-state index is 13.1. The fraction of sp³-hybridized carbons (Fsp3) is 0.600. The van der Waals surface area contributed by atoms with Crippen LogP contribution in [-0.4, -0.2) is 34.6 Å². The third-order valence-corrected chi connectivity index (χ3v) is 8.06. The lowest BCUT2D eigenvalue weighted by atomic mass is 9.68. The van der Waals surface area contributed by atoms with Crippen LogP contribution in [0.4, 0.5) is 5.69 Å². The summed E-state index contributed by atoms with van der Waals surface area (Å²) < 4.78 is 0.